The van der Waals surface area contributed by atoms with Crippen molar-refractivity contribution < 1.29 is 9.53 Å². The Kier molecular flexibility index (Phi) is 6.42. The summed E-state index contributed by atoms with van der Waals surface area (Å²) >= 11 is 0. The number of nitrogens with one attached hydrogen (secondary N) is 1. The van der Waals surface area contributed by atoms with Crippen LogP contribution in [0.1, 0.15) is 110 Å². The maximum absolute atomic E-state index is 14.3. The molecule has 1 heterocycles. The Morgan fingerprint density at radius 3 is 2.49 bits per heavy atom. The first-order valence-electron chi connectivity index (χ1n) is 17.0. The van der Waals surface area contributed by atoms with Crippen molar-refractivity contribution in [2.75, 3.05) is 5.73 Å². The second kappa shape index (κ2) is 9.47. The van der Waals surface area contributed by atoms with Crippen molar-refractivity contribution in [3.63, 3.8) is 0 Å². The number of hydrogen-bond acceptors (Lipinski definition) is 4. The Hall–Kier alpha value is -2.56. The molecule has 0 aliphatic heterocycles. The van der Waals surface area contributed by atoms with Crippen molar-refractivity contribution >= 4 is 11.8 Å². The highest BCUT2D eigenvalue weighted by molar-refractivity contribution is 5.79. The van der Waals surface area contributed by atoms with Gasteiger partial charge in [-0.15, -0.1) is 0 Å². The number of benzene rings is 1. The predicted molar refractivity (Wildman–Crippen MR) is 172 cm³/mol. The normalized spacial score (nSPS) is 42.8. The lowest BCUT2D eigenvalue weighted by molar-refractivity contribution is -0.184. The van der Waals surface area contributed by atoms with Crippen LogP contribution in [0.25, 0.3) is 0 Å². The quantitative estimate of drug-likeness (QED) is 0.281. The highest BCUT2D eigenvalue weighted by Gasteiger charge is 2.69. The standard InChI is InChI=1S/C38H53N3O2/c1-23-15-18-38(33(42)43-22-25-11-9-8-10-12-25)20-19-36(6)27(30(38)24(23)2)13-14-29-35(5)21-26-31(40-41-32(26)39)34(3,4)28(35)16-17-37(29,36)7/h8-13,23-24,28-30H,14-22H2,1-7H3,(H3,39,40,41)/t23?,24?,28?,29?,30?,35-,36+,37+,38-/m0/s1. The van der Waals surface area contributed by atoms with Gasteiger partial charge in [-0.2, -0.15) is 5.10 Å². The molecule has 5 aliphatic carbocycles. The first kappa shape index (κ1) is 29.2. The van der Waals surface area contributed by atoms with Gasteiger partial charge in [0.25, 0.3) is 0 Å². The van der Waals surface area contributed by atoms with Gasteiger partial charge in [0.1, 0.15) is 12.4 Å². The SMILES string of the molecule is CC1CC[C@]2(C(=O)OCc3ccccc3)CC[C@]3(C)C(=CCC4[C@@]5(C)Cc6c(N)n[nH]c6C(C)(C)C5CC[C@]43C)C2C1C. The number of esters is 1. The molecule has 3 fully saturated rings. The summed E-state index contributed by atoms with van der Waals surface area (Å²) in [5, 5.41) is 7.85. The van der Waals surface area contributed by atoms with Gasteiger partial charge in [0, 0.05) is 16.7 Å². The van der Waals surface area contributed by atoms with Crippen LogP contribution in [0.15, 0.2) is 42.0 Å². The van der Waals surface area contributed by atoms with Crippen LogP contribution in [0.2, 0.25) is 0 Å². The van der Waals surface area contributed by atoms with Crippen LogP contribution in [-0.2, 0) is 28.0 Å². The van der Waals surface area contributed by atoms with Crippen LogP contribution in [0, 0.1) is 51.2 Å². The van der Waals surface area contributed by atoms with Gasteiger partial charge in [0.2, 0.25) is 0 Å². The molecule has 5 unspecified atom stereocenters. The molecule has 1 aromatic heterocycles. The van der Waals surface area contributed by atoms with Crippen molar-refractivity contribution in [1.82, 2.24) is 10.2 Å². The van der Waals surface area contributed by atoms with Crippen LogP contribution < -0.4 is 5.73 Å². The third kappa shape index (κ3) is 3.75. The Bertz CT molecular complexity index is 1460. The Morgan fingerprint density at radius 1 is 1.00 bits per heavy atom. The van der Waals surface area contributed by atoms with Crippen molar-refractivity contribution in [2.45, 2.75) is 112 Å². The minimum atomic E-state index is -0.413. The molecular formula is C38H53N3O2. The monoisotopic (exact) mass is 583 g/mol. The number of carbonyl (C=O) groups excluding carboxylic acids is 1. The molecular weight excluding hydrogens is 530 g/mol. The van der Waals surface area contributed by atoms with Crippen LogP contribution in [0.5, 0.6) is 0 Å². The van der Waals surface area contributed by atoms with E-state index in [2.05, 4.69) is 76.9 Å². The minimum Gasteiger partial charge on any atom is -0.460 e. The lowest BCUT2D eigenvalue weighted by Gasteiger charge is -2.70. The lowest BCUT2D eigenvalue weighted by atomic mass is 9.33. The molecule has 3 saturated carbocycles. The molecule has 5 heteroatoms. The summed E-state index contributed by atoms with van der Waals surface area (Å²) in [7, 11) is 0. The summed E-state index contributed by atoms with van der Waals surface area (Å²) in [6.45, 7) is 17.8. The number of anilines is 1. The second-order valence-electron chi connectivity index (χ2n) is 16.7. The molecule has 0 amide bonds. The molecule has 1 aromatic carbocycles. The smallest absolute Gasteiger partial charge is 0.313 e. The van der Waals surface area contributed by atoms with Crippen molar-refractivity contribution in [1.29, 1.82) is 0 Å². The Morgan fingerprint density at radius 2 is 1.74 bits per heavy atom. The second-order valence-corrected chi connectivity index (χ2v) is 16.7. The number of nitrogen functional groups attached to an aromatic ring is 1. The zero-order valence-electron chi connectivity index (χ0n) is 27.6. The Labute approximate surface area is 258 Å². The summed E-state index contributed by atoms with van der Waals surface area (Å²) in [5.41, 5.74) is 11.6. The van der Waals surface area contributed by atoms with Gasteiger partial charge < -0.3 is 10.5 Å². The molecule has 9 atom stereocenters. The largest absolute Gasteiger partial charge is 0.460 e. The number of ether oxygens (including phenoxy) is 1. The number of aromatic amines is 1. The third-order valence-corrected chi connectivity index (χ3v) is 14.8. The van der Waals surface area contributed by atoms with E-state index in [0.29, 0.717) is 36.1 Å². The fourth-order valence-electron chi connectivity index (χ4n) is 12.2. The average molecular weight is 584 g/mol. The van der Waals surface area contributed by atoms with E-state index in [0.717, 1.165) is 44.1 Å². The van der Waals surface area contributed by atoms with Crippen molar-refractivity contribution in [3.05, 3.63) is 58.8 Å². The number of rotatable bonds is 3. The van der Waals surface area contributed by atoms with Crippen molar-refractivity contribution in [3.8, 4) is 0 Å². The minimum absolute atomic E-state index is 0.0106. The summed E-state index contributed by atoms with van der Waals surface area (Å²) < 4.78 is 6.22. The van der Waals surface area contributed by atoms with Gasteiger partial charge in [-0.05, 0) is 103 Å². The zero-order valence-corrected chi connectivity index (χ0v) is 27.6. The number of fused-ring (bicyclic) bond motifs is 8. The molecule has 5 aliphatic rings. The highest BCUT2D eigenvalue weighted by atomic mass is 16.5. The van der Waals surface area contributed by atoms with Crippen LogP contribution >= 0.6 is 0 Å². The summed E-state index contributed by atoms with van der Waals surface area (Å²) in [6.07, 6.45) is 11.2. The van der Waals surface area contributed by atoms with Crippen molar-refractivity contribution in [2.24, 2.45) is 51.2 Å². The number of aromatic nitrogens is 2. The summed E-state index contributed by atoms with van der Waals surface area (Å²) in [5.74, 6) is 3.18. The van der Waals surface area contributed by atoms with Crippen LogP contribution in [0.3, 0.4) is 0 Å². The number of allylic oxidation sites excluding steroid dienone is 2. The van der Waals surface area contributed by atoms with Gasteiger partial charge in [-0.25, -0.2) is 0 Å². The molecule has 43 heavy (non-hydrogen) atoms. The lowest BCUT2D eigenvalue weighted by Crippen LogP contribution is -2.65. The molecule has 232 valence electrons. The zero-order chi connectivity index (χ0) is 30.6. The van der Waals surface area contributed by atoms with Crippen LogP contribution in [-0.4, -0.2) is 16.2 Å². The van der Waals surface area contributed by atoms with Gasteiger partial charge in [0.15, 0.2) is 0 Å². The van der Waals surface area contributed by atoms with E-state index in [9.17, 15) is 4.79 Å². The predicted octanol–water partition coefficient (Wildman–Crippen LogP) is 8.41. The molecule has 7 rings (SSSR count). The maximum Gasteiger partial charge on any atom is 0.313 e. The third-order valence-electron chi connectivity index (χ3n) is 14.8. The molecule has 0 saturated heterocycles. The topological polar surface area (TPSA) is 81.0 Å². The van der Waals surface area contributed by atoms with E-state index < -0.39 is 5.41 Å². The summed E-state index contributed by atoms with van der Waals surface area (Å²) in [6, 6.07) is 10.2. The molecule has 0 spiro atoms. The number of nitrogens with zero attached hydrogens (tertiary/aromatic N) is 1. The van der Waals surface area contributed by atoms with E-state index in [1.807, 2.05) is 18.2 Å². The van der Waals surface area contributed by atoms with Gasteiger partial charge in [0.05, 0.1) is 5.41 Å². The van der Waals surface area contributed by atoms with E-state index in [-0.39, 0.29) is 33.5 Å². The first-order chi connectivity index (χ1) is 20.3. The average Bonchev–Trinajstić information content (AvgIpc) is 3.34. The number of H-pyrrole nitrogens is 1. The molecule has 5 nitrogen and oxygen atoms in total. The van der Waals surface area contributed by atoms with Gasteiger partial charge >= 0.3 is 5.97 Å². The maximum atomic E-state index is 14.3. The van der Waals surface area contributed by atoms with Gasteiger partial charge in [-0.1, -0.05) is 90.4 Å². The van der Waals surface area contributed by atoms with Gasteiger partial charge in [-0.3, -0.25) is 9.89 Å². The van der Waals surface area contributed by atoms with E-state index in [4.69, 9.17) is 10.5 Å². The first-order valence-corrected chi connectivity index (χ1v) is 17.0. The summed E-state index contributed by atoms with van der Waals surface area (Å²) in [4.78, 5) is 14.3. The highest BCUT2D eigenvalue weighted by Crippen LogP contribution is 2.75. The Balaban J connectivity index is 1.28. The number of nitrogens with two attached hydrogens (primary N) is 1. The number of hydrogen-bond donors (Lipinski definition) is 2. The van der Waals surface area contributed by atoms with Crippen LogP contribution in [0.4, 0.5) is 5.82 Å². The van der Waals surface area contributed by atoms with E-state index in [1.54, 1.807) is 5.57 Å². The molecule has 3 N–H and O–H groups in total. The van der Waals surface area contributed by atoms with E-state index >= 15 is 0 Å². The molecule has 2 aromatic rings. The van der Waals surface area contributed by atoms with E-state index in [1.165, 1.54) is 24.1 Å². The molecule has 0 radical (unpaired) electrons. The fraction of sp³-hybridized carbons (Fsp3) is 0.684. The molecule has 0 bridgehead atoms. The fourth-order valence-corrected chi connectivity index (χ4v) is 12.2. The number of carbonyl (C=O) groups is 1.